The van der Waals surface area contributed by atoms with Crippen LogP contribution in [0.5, 0.6) is 0 Å². The summed E-state index contributed by atoms with van der Waals surface area (Å²) in [6, 6.07) is 0. The molecule has 0 nitrogen and oxygen atoms in total. The molecule has 6 heteroatoms. The highest BCUT2D eigenvalue weighted by Gasteiger charge is 2.16. The fraction of sp³-hybridized carbons (Fsp3) is 0.143. The van der Waals surface area contributed by atoms with E-state index in [0.717, 1.165) is 23.5 Å². The van der Waals surface area contributed by atoms with Crippen molar-refractivity contribution in [2.75, 3.05) is 0 Å². The third kappa shape index (κ3) is 2.53. The Hall–Kier alpha value is 1.91. The van der Waals surface area contributed by atoms with Crippen LogP contribution in [0.1, 0.15) is 5.56 Å². The first-order chi connectivity index (χ1) is 6.00. The number of hydrogen-bond acceptors (Lipinski definition) is 0. The third-order valence-electron chi connectivity index (χ3n) is 1.43. The van der Waals surface area contributed by atoms with E-state index in [-0.39, 0.29) is 0 Å². The predicted molar refractivity (Wildman–Crippen MR) is 74.9 cm³/mol. The molecule has 1 aromatic carbocycles. The predicted octanol–water partition coefficient (Wildman–Crippen LogP) is 6.28. The highest BCUT2D eigenvalue weighted by molar-refractivity contribution is 9.15. The minimum Gasteiger partial charge on any atom is -0.0875 e. The summed E-state index contributed by atoms with van der Waals surface area (Å²) < 4.78 is 3.69. The minimum atomic E-state index is 0.705. The van der Waals surface area contributed by atoms with Crippen LogP contribution in [-0.4, -0.2) is 0 Å². The van der Waals surface area contributed by atoms with Gasteiger partial charge in [-0.3, -0.25) is 0 Å². The molecule has 72 valence electrons. The normalized spacial score (nSPS) is 10.6. The van der Waals surface area contributed by atoms with Gasteiger partial charge in [0.05, 0.1) is 9.50 Å². The van der Waals surface area contributed by atoms with Gasteiger partial charge in [-0.15, -0.1) is 0 Å². The Morgan fingerprint density at radius 3 is 1.77 bits per heavy atom. The monoisotopic (exact) mass is 516 g/mol. The van der Waals surface area contributed by atoms with Crippen molar-refractivity contribution in [3.63, 3.8) is 0 Å². The van der Waals surface area contributed by atoms with E-state index < -0.39 is 0 Å². The first-order valence-corrected chi connectivity index (χ1v) is 7.74. The van der Waals surface area contributed by atoms with Crippen LogP contribution in [-0.2, 0) is 5.33 Å². The van der Waals surface area contributed by atoms with Crippen molar-refractivity contribution in [3.8, 4) is 0 Å². The summed E-state index contributed by atoms with van der Waals surface area (Å²) in [6.45, 7) is 0. The molecule has 13 heavy (non-hydrogen) atoms. The van der Waals surface area contributed by atoms with Crippen LogP contribution in [0, 0.1) is 0 Å². The van der Waals surface area contributed by atoms with Gasteiger partial charge >= 0.3 is 0 Å². The molecule has 0 atom stereocenters. The van der Waals surface area contributed by atoms with Gasteiger partial charge < -0.3 is 0 Å². The van der Waals surface area contributed by atoms with Crippen LogP contribution < -0.4 is 0 Å². The molecule has 0 spiro atoms. The van der Waals surface area contributed by atoms with Crippen molar-refractivity contribution >= 4 is 91.3 Å². The van der Waals surface area contributed by atoms with Crippen molar-refractivity contribution in [2.45, 2.75) is 5.33 Å². The van der Waals surface area contributed by atoms with E-state index in [2.05, 4.69) is 79.6 Å². The summed E-state index contributed by atoms with van der Waals surface area (Å²) in [4.78, 5) is 0. The largest absolute Gasteiger partial charge is 0.0875 e. The molecule has 0 bridgehead atoms. The van der Waals surface area contributed by atoms with E-state index in [1.54, 1.807) is 0 Å². The summed E-state index contributed by atoms with van der Waals surface area (Å²) in [5.74, 6) is 0. The topological polar surface area (TPSA) is 0 Å². The van der Waals surface area contributed by atoms with E-state index in [9.17, 15) is 0 Å². The summed E-state index contributed by atoms with van der Waals surface area (Å²) in [5.41, 5.74) is 1.02. The molecule has 0 saturated heterocycles. The summed E-state index contributed by atoms with van der Waals surface area (Å²) in [5, 5.41) is 1.41. The molecular weight excluding hydrogens is 519 g/mol. The highest BCUT2D eigenvalue weighted by atomic mass is 79.9. The van der Waals surface area contributed by atoms with Gasteiger partial charge in [-0.05, 0) is 69.3 Å². The molecule has 0 aromatic heterocycles. The van der Waals surface area contributed by atoms with Crippen LogP contribution in [0.3, 0.4) is 0 Å². The summed E-state index contributed by atoms with van der Waals surface area (Å²) >= 11 is 23.2. The maximum Gasteiger partial charge on any atom is 0.0612 e. The molecule has 0 amide bonds. The Kier molecular flexibility index (Phi) is 5.29. The van der Waals surface area contributed by atoms with Gasteiger partial charge in [0.2, 0.25) is 0 Å². The number of benzene rings is 1. The molecule has 0 saturated carbocycles. The van der Waals surface area contributed by atoms with Gasteiger partial charge in [0.25, 0.3) is 0 Å². The second kappa shape index (κ2) is 5.30. The average Bonchev–Trinajstić information content (AvgIpc) is 2.13. The molecule has 0 aliphatic carbocycles. The molecule has 0 N–H and O–H groups in total. The van der Waals surface area contributed by atoms with Crippen molar-refractivity contribution in [1.29, 1.82) is 0 Å². The second-order valence-electron chi connectivity index (χ2n) is 2.18. The Balaban J connectivity index is 3.56. The zero-order chi connectivity index (χ0) is 10.2. The van der Waals surface area contributed by atoms with Gasteiger partial charge in [-0.25, -0.2) is 0 Å². The molecule has 0 heterocycles. The highest BCUT2D eigenvalue weighted by Crippen LogP contribution is 2.44. The first kappa shape index (κ1) is 13.0. The van der Waals surface area contributed by atoms with Crippen LogP contribution >= 0.6 is 91.3 Å². The summed E-state index contributed by atoms with van der Waals surface area (Å²) in [7, 11) is 0. The van der Waals surface area contributed by atoms with Gasteiger partial charge in [-0.2, -0.15) is 0 Å². The molecular formula is C7H2Br5Cl. The molecule has 0 radical (unpaired) electrons. The number of hydrogen-bond donors (Lipinski definition) is 0. The van der Waals surface area contributed by atoms with E-state index >= 15 is 0 Å². The van der Waals surface area contributed by atoms with Crippen LogP contribution in [0.2, 0.25) is 5.02 Å². The molecule has 0 aliphatic rings. The molecule has 1 aromatic rings. The van der Waals surface area contributed by atoms with E-state index in [4.69, 9.17) is 11.6 Å². The number of alkyl halides is 1. The molecule has 0 aliphatic heterocycles. The Labute approximate surface area is 123 Å². The quantitative estimate of drug-likeness (QED) is 0.232. The lowest BCUT2D eigenvalue weighted by atomic mass is 10.2. The van der Waals surface area contributed by atoms with Gasteiger partial charge in [0.15, 0.2) is 0 Å². The second-order valence-corrected chi connectivity index (χ2v) is 6.29. The van der Waals surface area contributed by atoms with E-state index in [1.807, 2.05) is 0 Å². The zero-order valence-electron chi connectivity index (χ0n) is 5.97. The van der Waals surface area contributed by atoms with Crippen molar-refractivity contribution < 1.29 is 0 Å². The van der Waals surface area contributed by atoms with Gasteiger partial charge in [0, 0.05) is 18.7 Å². The van der Waals surface area contributed by atoms with Gasteiger partial charge in [0.1, 0.15) is 0 Å². The number of halogens is 6. The number of rotatable bonds is 1. The lowest BCUT2D eigenvalue weighted by Gasteiger charge is -2.10. The zero-order valence-corrected chi connectivity index (χ0v) is 14.7. The average molecular weight is 521 g/mol. The van der Waals surface area contributed by atoms with E-state index in [0.29, 0.717) is 10.4 Å². The standard InChI is InChI=1S/C7H2Br5Cl/c8-1-2-3(9)4(10)5(11)6(12)7(2)13/h1H2. The van der Waals surface area contributed by atoms with Crippen molar-refractivity contribution in [3.05, 3.63) is 28.5 Å². The Morgan fingerprint density at radius 1 is 0.846 bits per heavy atom. The van der Waals surface area contributed by atoms with E-state index in [1.165, 1.54) is 0 Å². The third-order valence-corrected chi connectivity index (χ3v) is 7.49. The van der Waals surface area contributed by atoms with Crippen LogP contribution in [0.4, 0.5) is 0 Å². The lowest BCUT2D eigenvalue weighted by Crippen LogP contribution is -1.88. The first-order valence-electron chi connectivity index (χ1n) is 3.07. The van der Waals surface area contributed by atoms with Crippen LogP contribution in [0.15, 0.2) is 17.9 Å². The molecule has 0 fully saturated rings. The smallest absolute Gasteiger partial charge is 0.0612 e. The van der Waals surface area contributed by atoms with Crippen molar-refractivity contribution in [1.82, 2.24) is 0 Å². The maximum absolute atomic E-state index is 6.12. The summed E-state index contributed by atoms with van der Waals surface area (Å²) in [6.07, 6.45) is 0. The molecule has 0 unspecified atom stereocenters. The van der Waals surface area contributed by atoms with Crippen molar-refractivity contribution in [2.24, 2.45) is 0 Å². The lowest BCUT2D eigenvalue weighted by molar-refractivity contribution is 1.34. The Morgan fingerprint density at radius 2 is 1.31 bits per heavy atom. The molecule has 1 rings (SSSR count). The Bertz CT molecular complexity index is 320. The maximum atomic E-state index is 6.12. The SMILES string of the molecule is Clc1c(Br)c(Br)c(Br)c(Br)c1CBr. The fourth-order valence-electron chi connectivity index (χ4n) is 0.768. The van der Waals surface area contributed by atoms with Gasteiger partial charge in [-0.1, -0.05) is 27.5 Å². The minimum absolute atomic E-state index is 0.705. The fourth-order valence-corrected chi connectivity index (χ4v) is 4.69. The van der Waals surface area contributed by atoms with Crippen LogP contribution in [0.25, 0.3) is 0 Å².